The molecule has 1 N–H and O–H groups in total. The van der Waals surface area contributed by atoms with Gasteiger partial charge in [-0.15, -0.1) is 0 Å². The lowest BCUT2D eigenvalue weighted by Gasteiger charge is -2.04. The van der Waals surface area contributed by atoms with Crippen LogP contribution in [0.25, 0.3) is 0 Å². The molecule has 0 aromatic heterocycles. The Morgan fingerprint density at radius 1 is 0.500 bits per heavy atom. The van der Waals surface area contributed by atoms with E-state index in [1.807, 2.05) is 0 Å². The van der Waals surface area contributed by atoms with Crippen LogP contribution in [0, 0.1) is 6.92 Å². The van der Waals surface area contributed by atoms with E-state index < -0.39 is 0 Å². The molecule has 0 spiro atoms. The van der Waals surface area contributed by atoms with Crippen LogP contribution < -0.4 is 5.32 Å². The zero-order valence-corrected chi connectivity index (χ0v) is 15.6. The maximum atomic E-state index is 3.79. The highest BCUT2D eigenvalue weighted by atomic mass is 14.8. The first-order valence-electron chi connectivity index (χ1n) is 10.4. The molecule has 0 rings (SSSR count). The molecule has 0 aromatic rings. The SMILES string of the molecule is [CH2]CNCCCCCCCCCCCCCCCCCCC. The van der Waals surface area contributed by atoms with Crippen LogP contribution >= 0.6 is 0 Å². The third-order valence-corrected chi connectivity index (χ3v) is 4.63. The molecule has 0 heterocycles. The van der Waals surface area contributed by atoms with Crippen LogP contribution in [0.5, 0.6) is 0 Å². The minimum Gasteiger partial charge on any atom is -0.317 e. The molecule has 22 heavy (non-hydrogen) atoms. The van der Waals surface area contributed by atoms with Crippen molar-refractivity contribution in [2.24, 2.45) is 0 Å². The van der Waals surface area contributed by atoms with Gasteiger partial charge in [0.05, 0.1) is 0 Å². The van der Waals surface area contributed by atoms with Crippen LogP contribution in [0.15, 0.2) is 0 Å². The van der Waals surface area contributed by atoms with Gasteiger partial charge >= 0.3 is 0 Å². The van der Waals surface area contributed by atoms with E-state index in [-0.39, 0.29) is 0 Å². The average Bonchev–Trinajstić information content (AvgIpc) is 2.54. The molecule has 0 amide bonds. The highest BCUT2D eigenvalue weighted by Crippen LogP contribution is 2.13. The lowest BCUT2D eigenvalue weighted by molar-refractivity contribution is 0.525. The van der Waals surface area contributed by atoms with Crippen molar-refractivity contribution in [2.45, 2.75) is 116 Å². The molecular weight excluding hydrogens is 266 g/mol. The largest absolute Gasteiger partial charge is 0.317 e. The highest BCUT2D eigenvalue weighted by Gasteiger charge is 1.94. The van der Waals surface area contributed by atoms with Gasteiger partial charge in [-0.2, -0.15) is 0 Å². The van der Waals surface area contributed by atoms with Crippen LogP contribution in [-0.4, -0.2) is 13.1 Å². The van der Waals surface area contributed by atoms with Crippen molar-refractivity contribution < 1.29 is 0 Å². The van der Waals surface area contributed by atoms with Crippen LogP contribution in [-0.2, 0) is 0 Å². The number of hydrogen-bond acceptors (Lipinski definition) is 1. The van der Waals surface area contributed by atoms with Gasteiger partial charge in [0.2, 0.25) is 0 Å². The van der Waals surface area contributed by atoms with Crippen LogP contribution in [0.3, 0.4) is 0 Å². The van der Waals surface area contributed by atoms with Gasteiger partial charge in [-0.1, -0.05) is 110 Å². The first kappa shape index (κ1) is 22.0. The molecule has 0 saturated carbocycles. The van der Waals surface area contributed by atoms with E-state index in [1.54, 1.807) is 0 Å². The van der Waals surface area contributed by atoms with E-state index in [0.29, 0.717) is 0 Å². The van der Waals surface area contributed by atoms with E-state index in [2.05, 4.69) is 19.2 Å². The maximum Gasteiger partial charge on any atom is -0.00484 e. The van der Waals surface area contributed by atoms with Gasteiger partial charge < -0.3 is 5.32 Å². The second kappa shape index (κ2) is 21.0. The zero-order chi connectivity index (χ0) is 16.1. The monoisotopic (exact) mass is 310 g/mol. The summed E-state index contributed by atoms with van der Waals surface area (Å²) in [4.78, 5) is 0. The second-order valence-electron chi connectivity index (χ2n) is 6.91. The standard InChI is InChI=1S/C21H44N/c1-3-5-6-7-8-9-10-11-12-13-14-15-16-17-18-19-20-21-22-4-2/h22H,2-21H2,1H3. The molecule has 0 aromatic carbocycles. The molecule has 0 atom stereocenters. The fourth-order valence-electron chi connectivity index (χ4n) is 3.10. The van der Waals surface area contributed by atoms with Gasteiger partial charge in [-0.3, -0.25) is 0 Å². The lowest BCUT2D eigenvalue weighted by Crippen LogP contribution is -2.13. The van der Waals surface area contributed by atoms with Gasteiger partial charge in [0.1, 0.15) is 0 Å². The van der Waals surface area contributed by atoms with Gasteiger partial charge in [-0.25, -0.2) is 0 Å². The summed E-state index contributed by atoms with van der Waals surface area (Å²) in [6.45, 7) is 8.11. The Kier molecular flexibility index (Phi) is 20.9. The van der Waals surface area contributed by atoms with Gasteiger partial charge in [-0.05, 0) is 26.4 Å². The Morgan fingerprint density at radius 2 is 0.818 bits per heavy atom. The molecule has 1 heteroatoms. The van der Waals surface area contributed by atoms with E-state index in [9.17, 15) is 0 Å². The van der Waals surface area contributed by atoms with Crippen molar-refractivity contribution in [1.29, 1.82) is 0 Å². The number of unbranched alkanes of at least 4 members (excludes halogenated alkanes) is 16. The van der Waals surface area contributed by atoms with E-state index in [1.165, 1.54) is 109 Å². The van der Waals surface area contributed by atoms with E-state index >= 15 is 0 Å². The predicted molar refractivity (Wildman–Crippen MR) is 102 cm³/mol. The predicted octanol–water partition coefficient (Wildman–Crippen LogP) is 7.06. The van der Waals surface area contributed by atoms with Crippen molar-refractivity contribution in [3.8, 4) is 0 Å². The summed E-state index contributed by atoms with van der Waals surface area (Å²) >= 11 is 0. The summed E-state index contributed by atoms with van der Waals surface area (Å²) in [5, 5.41) is 3.29. The molecule has 0 bridgehead atoms. The summed E-state index contributed by atoms with van der Waals surface area (Å²) in [5.41, 5.74) is 0. The summed E-state index contributed by atoms with van der Waals surface area (Å²) in [6, 6.07) is 0. The smallest absolute Gasteiger partial charge is 0.00484 e. The van der Waals surface area contributed by atoms with E-state index in [4.69, 9.17) is 0 Å². The van der Waals surface area contributed by atoms with Crippen LogP contribution in [0.1, 0.15) is 116 Å². The Bertz CT molecular complexity index is 159. The first-order chi connectivity index (χ1) is 10.9. The van der Waals surface area contributed by atoms with Crippen LogP contribution in [0.2, 0.25) is 0 Å². The van der Waals surface area contributed by atoms with Gasteiger partial charge in [0.15, 0.2) is 0 Å². The fraction of sp³-hybridized carbons (Fsp3) is 0.952. The number of nitrogens with one attached hydrogen (secondary N) is 1. The van der Waals surface area contributed by atoms with Crippen molar-refractivity contribution in [3.05, 3.63) is 6.92 Å². The van der Waals surface area contributed by atoms with Crippen molar-refractivity contribution >= 4 is 0 Å². The zero-order valence-electron chi connectivity index (χ0n) is 15.6. The summed E-state index contributed by atoms with van der Waals surface area (Å²) in [6.07, 6.45) is 24.6. The Labute approximate surface area is 142 Å². The molecule has 0 aliphatic carbocycles. The van der Waals surface area contributed by atoms with Crippen molar-refractivity contribution in [1.82, 2.24) is 5.32 Å². The molecule has 0 aliphatic heterocycles. The highest BCUT2D eigenvalue weighted by molar-refractivity contribution is 4.52. The lowest BCUT2D eigenvalue weighted by atomic mass is 10.0. The molecule has 0 aliphatic rings. The van der Waals surface area contributed by atoms with E-state index in [0.717, 1.165) is 13.1 Å². The topological polar surface area (TPSA) is 12.0 Å². The minimum atomic E-state index is 0.874. The third kappa shape index (κ3) is 20.0. The Morgan fingerprint density at radius 3 is 1.14 bits per heavy atom. The molecule has 0 fully saturated rings. The first-order valence-corrected chi connectivity index (χ1v) is 10.4. The average molecular weight is 311 g/mol. The Hall–Kier alpha value is -0.0400. The Balaban J connectivity index is 2.91. The third-order valence-electron chi connectivity index (χ3n) is 4.63. The second-order valence-corrected chi connectivity index (χ2v) is 6.91. The number of rotatable bonds is 19. The molecule has 1 radical (unpaired) electrons. The normalized spacial score (nSPS) is 11.2. The van der Waals surface area contributed by atoms with Gasteiger partial charge in [0, 0.05) is 0 Å². The fourth-order valence-corrected chi connectivity index (χ4v) is 3.10. The van der Waals surface area contributed by atoms with Crippen molar-refractivity contribution in [2.75, 3.05) is 13.1 Å². The number of hydrogen-bond donors (Lipinski definition) is 1. The molecule has 133 valence electrons. The van der Waals surface area contributed by atoms with Crippen molar-refractivity contribution in [3.63, 3.8) is 0 Å². The molecule has 1 nitrogen and oxygen atoms in total. The van der Waals surface area contributed by atoms with Gasteiger partial charge in [0.25, 0.3) is 0 Å². The summed E-state index contributed by atoms with van der Waals surface area (Å²) < 4.78 is 0. The maximum absolute atomic E-state index is 3.79. The quantitative estimate of drug-likeness (QED) is 0.252. The molecule has 0 unspecified atom stereocenters. The summed E-state index contributed by atoms with van der Waals surface area (Å²) in [5.74, 6) is 0. The summed E-state index contributed by atoms with van der Waals surface area (Å²) in [7, 11) is 0. The molecular formula is C21H44N. The molecule has 0 saturated heterocycles. The minimum absolute atomic E-state index is 0.874. The van der Waals surface area contributed by atoms with Crippen LogP contribution in [0.4, 0.5) is 0 Å².